The fourth-order valence-electron chi connectivity index (χ4n) is 1.92. The van der Waals surface area contributed by atoms with Crippen molar-refractivity contribution in [3.05, 3.63) is 23.2 Å². The second kappa shape index (κ2) is 3.96. The molecular formula is C11H15NO2. The Kier molecular flexibility index (Phi) is 2.68. The third-order valence-corrected chi connectivity index (χ3v) is 2.88. The van der Waals surface area contributed by atoms with Crippen LogP contribution in [0.3, 0.4) is 0 Å². The summed E-state index contributed by atoms with van der Waals surface area (Å²) in [6, 6.07) is 0. The highest BCUT2D eigenvalue weighted by Gasteiger charge is 2.15. The smallest absolute Gasteiger partial charge is 0.185 e. The largest absolute Gasteiger partial charge is 0.461 e. The zero-order chi connectivity index (χ0) is 9.97. The van der Waals surface area contributed by atoms with Crippen LogP contribution in [-0.2, 0) is 6.54 Å². The Morgan fingerprint density at radius 2 is 2.21 bits per heavy atom. The van der Waals surface area contributed by atoms with Crippen molar-refractivity contribution in [2.45, 2.75) is 26.3 Å². The van der Waals surface area contributed by atoms with Gasteiger partial charge in [-0.15, -0.1) is 0 Å². The molecule has 2 heterocycles. The van der Waals surface area contributed by atoms with Crippen LogP contribution in [0.25, 0.3) is 0 Å². The molecule has 2 rings (SSSR count). The molecule has 14 heavy (non-hydrogen) atoms. The minimum atomic E-state index is 0.471. The summed E-state index contributed by atoms with van der Waals surface area (Å²) in [4.78, 5) is 13.0. The van der Waals surface area contributed by atoms with Gasteiger partial charge in [-0.2, -0.15) is 0 Å². The number of hydrogen-bond acceptors (Lipinski definition) is 3. The molecule has 0 unspecified atom stereocenters. The number of likely N-dealkylation sites (tertiary alicyclic amines) is 1. The zero-order valence-corrected chi connectivity index (χ0v) is 8.45. The van der Waals surface area contributed by atoms with E-state index in [0.29, 0.717) is 5.76 Å². The molecular weight excluding hydrogens is 178 g/mol. The first-order chi connectivity index (χ1) is 6.81. The average Bonchev–Trinajstić information content (AvgIpc) is 2.79. The Labute approximate surface area is 83.7 Å². The van der Waals surface area contributed by atoms with E-state index < -0.39 is 0 Å². The van der Waals surface area contributed by atoms with Gasteiger partial charge in [0.1, 0.15) is 0 Å². The van der Waals surface area contributed by atoms with Gasteiger partial charge < -0.3 is 4.42 Å². The van der Waals surface area contributed by atoms with Gasteiger partial charge in [0.05, 0.1) is 6.26 Å². The van der Waals surface area contributed by atoms with E-state index in [0.717, 1.165) is 24.0 Å². The maximum atomic E-state index is 10.6. The maximum absolute atomic E-state index is 10.6. The number of aldehydes is 1. The summed E-state index contributed by atoms with van der Waals surface area (Å²) in [5, 5.41) is 0. The van der Waals surface area contributed by atoms with E-state index in [-0.39, 0.29) is 0 Å². The van der Waals surface area contributed by atoms with Gasteiger partial charge in [0.15, 0.2) is 12.0 Å². The van der Waals surface area contributed by atoms with E-state index in [9.17, 15) is 4.79 Å². The quantitative estimate of drug-likeness (QED) is 0.688. The minimum absolute atomic E-state index is 0.471. The van der Waals surface area contributed by atoms with Crippen LogP contribution in [0.2, 0.25) is 0 Å². The van der Waals surface area contributed by atoms with E-state index in [4.69, 9.17) is 4.42 Å². The van der Waals surface area contributed by atoms with Crippen LogP contribution in [0.1, 0.15) is 34.5 Å². The monoisotopic (exact) mass is 193 g/mol. The topological polar surface area (TPSA) is 33.5 Å². The maximum Gasteiger partial charge on any atom is 0.185 e. The van der Waals surface area contributed by atoms with E-state index in [1.807, 2.05) is 6.92 Å². The molecule has 0 amide bonds. The van der Waals surface area contributed by atoms with Gasteiger partial charge in [-0.3, -0.25) is 9.69 Å². The molecule has 0 aliphatic carbocycles. The first-order valence-electron chi connectivity index (χ1n) is 5.06. The van der Waals surface area contributed by atoms with Gasteiger partial charge in [0.2, 0.25) is 0 Å². The Morgan fingerprint density at radius 1 is 1.50 bits per heavy atom. The Morgan fingerprint density at radius 3 is 2.79 bits per heavy atom. The van der Waals surface area contributed by atoms with Crippen molar-refractivity contribution in [3.63, 3.8) is 0 Å². The summed E-state index contributed by atoms with van der Waals surface area (Å²) in [7, 11) is 0. The lowest BCUT2D eigenvalue weighted by atomic mass is 10.1. The van der Waals surface area contributed by atoms with Crippen LogP contribution >= 0.6 is 0 Å². The number of carbonyl (C=O) groups is 1. The van der Waals surface area contributed by atoms with E-state index >= 15 is 0 Å². The number of nitrogens with zero attached hydrogens (tertiary/aromatic N) is 1. The summed E-state index contributed by atoms with van der Waals surface area (Å²) in [5.74, 6) is 0.471. The molecule has 3 heteroatoms. The number of carbonyl (C=O) groups excluding carboxylic acids is 1. The molecule has 1 aliphatic heterocycles. The third kappa shape index (κ3) is 1.73. The van der Waals surface area contributed by atoms with E-state index in [2.05, 4.69) is 4.90 Å². The van der Waals surface area contributed by atoms with Crippen molar-refractivity contribution in [2.24, 2.45) is 0 Å². The lowest BCUT2D eigenvalue weighted by molar-refractivity contribution is 0.110. The van der Waals surface area contributed by atoms with Gasteiger partial charge in [-0.1, -0.05) is 0 Å². The third-order valence-electron chi connectivity index (χ3n) is 2.88. The SMILES string of the molecule is Cc1c(CN2CCCC2)coc1C=O. The highest BCUT2D eigenvalue weighted by atomic mass is 16.3. The van der Waals surface area contributed by atoms with Gasteiger partial charge >= 0.3 is 0 Å². The number of hydrogen-bond donors (Lipinski definition) is 0. The molecule has 0 spiro atoms. The molecule has 3 nitrogen and oxygen atoms in total. The summed E-state index contributed by atoms with van der Waals surface area (Å²) < 4.78 is 5.16. The lowest BCUT2D eigenvalue weighted by Crippen LogP contribution is -2.18. The normalized spacial score (nSPS) is 17.5. The second-order valence-corrected chi connectivity index (χ2v) is 3.85. The van der Waals surface area contributed by atoms with Crippen LogP contribution < -0.4 is 0 Å². The summed E-state index contributed by atoms with van der Waals surface area (Å²) in [6.07, 6.45) is 5.06. The molecule has 0 aromatic carbocycles. The van der Waals surface area contributed by atoms with Crippen molar-refractivity contribution < 1.29 is 9.21 Å². The first kappa shape index (κ1) is 9.46. The molecule has 1 aromatic rings. The molecule has 1 aromatic heterocycles. The molecule has 0 N–H and O–H groups in total. The van der Waals surface area contributed by atoms with Gasteiger partial charge in [-0.05, 0) is 32.9 Å². The fourth-order valence-corrected chi connectivity index (χ4v) is 1.92. The molecule has 76 valence electrons. The van der Waals surface area contributed by atoms with E-state index in [1.54, 1.807) is 6.26 Å². The van der Waals surface area contributed by atoms with Crippen LogP contribution in [0.5, 0.6) is 0 Å². The zero-order valence-electron chi connectivity index (χ0n) is 8.45. The summed E-state index contributed by atoms with van der Waals surface area (Å²) >= 11 is 0. The van der Waals surface area contributed by atoms with Crippen LogP contribution in [0.4, 0.5) is 0 Å². The molecule has 0 atom stereocenters. The van der Waals surface area contributed by atoms with Gasteiger partial charge in [0.25, 0.3) is 0 Å². The van der Waals surface area contributed by atoms with Crippen molar-refractivity contribution in [1.82, 2.24) is 4.90 Å². The average molecular weight is 193 g/mol. The van der Waals surface area contributed by atoms with Crippen LogP contribution in [-0.4, -0.2) is 24.3 Å². The van der Waals surface area contributed by atoms with E-state index in [1.165, 1.54) is 25.9 Å². The molecule has 0 bridgehead atoms. The number of furan rings is 1. The summed E-state index contributed by atoms with van der Waals surface area (Å²) in [6.45, 7) is 5.20. The first-order valence-corrected chi connectivity index (χ1v) is 5.06. The lowest BCUT2D eigenvalue weighted by Gasteiger charge is -2.13. The molecule has 1 fully saturated rings. The van der Waals surface area contributed by atoms with Crippen LogP contribution in [0.15, 0.2) is 10.7 Å². The minimum Gasteiger partial charge on any atom is -0.461 e. The highest BCUT2D eigenvalue weighted by Crippen LogP contribution is 2.18. The molecule has 1 aliphatic rings. The standard InChI is InChI=1S/C11H15NO2/c1-9-10(8-14-11(9)7-13)6-12-4-2-3-5-12/h7-8H,2-6H2,1H3. The Bertz CT molecular complexity index is 324. The predicted molar refractivity (Wildman–Crippen MR) is 53.3 cm³/mol. The van der Waals surface area contributed by atoms with Gasteiger partial charge in [0, 0.05) is 17.7 Å². The van der Waals surface area contributed by atoms with Crippen molar-refractivity contribution >= 4 is 6.29 Å². The second-order valence-electron chi connectivity index (χ2n) is 3.85. The fraction of sp³-hybridized carbons (Fsp3) is 0.545. The van der Waals surface area contributed by atoms with Crippen molar-refractivity contribution in [2.75, 3.05) is 13.1 Å². The molecule has 0 radical (unpaired) electrons. The van der Waals surface area contributed by atoms with Gasteiger partial charge in [-0.25, -0.2) is 0 Å². The predicted octanol–water partition coefficient (Wildman–Crippen LogP) is 2.00. The van der Waals surface area contributed by atoms with Crippen molar-refractivity contribution in [3.8, 4) is 0 Å². The van der Waals surface area contributed by atoms with Crippen molar-refractivity contribution in [1.29, 1.82) is 0 Å². The molecule has 1 saturated heterocycles. The van der Waals surface area contributed by atoms with Crippen LogP contribution in [0, 0.1) is 6.92 Å². The Balaban J connectivity index is 2.08. The number of rotatable bonds is 3. The highest BCUT2D eigenvalue weighted by molar-refractivity contribution is 5.73. The summed E-state index contributed by atoms with van der Waals surface area (Å²) in [5.41, 5.74) is 2.14. The molecule has 0 saturated carbocycles. The Hall–Kier alpha value is -1.09.